The van der Waals surface area contributed by atoms with E-state index < -0.39 is 35.6 Å². The first-order valence-corrected chi connectivity index (χ1v) is 6.61. The van der Waals surface area contributed by atoms with E-state index in [1.807, 2.05) is 19.2 Å². The number of aliphatic hydroxyl groups is 1. The molecular weight excluding hydrogens is 277 g/mol. The molecule has 0 radical (unpaired) electrons. The maximum Gasteiger partial charge on any atom is 0.411 e. The third-order valence-corrected chi connectivity index (χ3v) is 3.34. The number of carbonyl (C=O) groups excluding carboxylic acids is 2. The molecule has 0 spiro atoms. The van der Waals surface area contributed by atoms with Crippen LogP contribution in [0.1, 0.15) is 33.1 Å². The van der Waals surface area contributed by atoms with Crippen molar-refractivity contribution in [2.45, 2.75) is 50.9 Å². The fraction of sp³-hybridized carbons (Fsp3) is 0.833. The summed E-state index contributed by atoms with van der Waals surface area (Å²) in [7, 11) is 0. The van der Waals surface area contributed by atoms with Gasteiger partial charge in [0.25, 0.3) is 0 Å². The summed E-state index contributed by atoms with van der Waals surface area (Å²) in [5.41, 5.74) is -2.21. The molecule has 3 N–H and O–H groups in total. The third kappa shape index (κ3) is 3.23. The van der Waals surface area contributed by atoms with E-state index in [4.69, 9.17) is 0 Å². The SMILES string of the molecule is CC.O=C1NCCC(O)C1C(=O)NC1(C(F)(F)F)CC1. The number of hydrogen-bond donors (Lipinski definition) is 3. The molecule has 20 heavy (non-hydrogen) atoms. The standard InChI is InChI=1S/C10H13F3N2O3.C2H6/c11-10(12,13)9(2-3-9)15-8(18)6-5(16)1-4-14-7(6)17;1-2/h5-6,16H,1-4H2,(H,14,17)(H,15,18);1-2H3. The molecule has 1 saturated heterocycles. The van der Waals surface area contributed by atoms with Crippen molar-refractivity contribution in [2.24, 2.45) is 5.92 Å². The molecule has 5 nitrogen and oxygen atoms in total. The summed E-state index contributed by atoms with van der Waals surface area (Å²) in [6.45, 7) is 4.22. The van der Waals surface area contributed by atoms with E-state index in [9.17, 15) is 27.9 Å². The first kappa shape index (κ1) is 16.7. The molecular formula is C12H19F3N2O3. The van der Waals surface area contributed by atoms with Crippen LogP contribution in [0, 0.1) is 5.92 Å². The highest BCUT2D eigenvalue weighted by Gasteiger charge is 2.64. The van der Waals surface area contributed by atoms with Gasteiger partial charge in [-0.05, 0) is 19.3 Å². The van der Waals surface area contributed by atoms with Crippen LogP contribution >= 0.6 is 0 Å². The zero-order valence-electron chi connectivity index (χ0n) is 11.4. The van der Waals surface area contributed by atoms with E-state index in [2.05, 4.69) is 5.32 Å². The number of aliphatic hydroxyl groups excluding tert-OH is 1. The summed E-state index contributed by atoms with van der Waals surface area (Å²) >= 11 is 0. The summed E-state index contributed by atoms with van der Waals surface area (Å²) in [4.78, 5) is 23.1. The van der Waals surface area contributed by atoms with E-state index in [1.54, 1.807) is 0 Å². The molecule has 0 aromatic rings. The van der Waals surface area contributed by atoms with Gasteiger partial charge >= 0.3 is 6.18 Å². The predicted octanol–water partition coefficient (Wildman–Crippen LogP) is 0.721. The summed E-state index contributed by atoms with van der Waals surface area (Å²) in [5, 5.41) is 13.7. The number of nitrogens with one attached hydrogen (secondary N) is 2. The van der Waals surface area contributed by atoms with Crippen molar-refractivity contribution < 1.29 is 27.9 Å². The van der Waals surface area contributed by atoms with Crippen LogP contribution in [-0.4, -0.2) is 41.3 Å². The van der Waals surface area contributed by atoms with Crippen LogP contribution in [0.3, 0.4) is 0 Å². The molecule has 0 aromatic carbocycles. The Bertz CT molecular complexity index is 381. The molecule has 0 aromatic heterocycles. The first-order valence-electron chi connectivity index (χ1n) is 6.61. The van der Waals surface area contributed by atoms with Gasteiger partial charge in [-0.2, -0.15) is 13.2 Å². The van der Waals surface area contributed by atoms with Gasteiger partial charge in [0.05, 0.1) is 6.10 Å². The van der Waals surface area contributed by atoms with Crippen LogP contribution in [0.2, 0.25) is 0 Å². The number of alkyl halides is 3. The van der Waals surface area contributed by atoms with Gasteiger partial charge in [0.15, 0.2) is 0 Å². The number of hydrogen-bond acceptors (Lipinski definition) is 3. The second-order valence-corrected chi connectivity index (χ2v) is 4.69. The lowest BCUT2D eigenvalue weighted by molar-refractivity contribution is -0.173. The minimum Gasteiger partial charge on any atom is -0.392 e. The monoisotopic (exact) mass is 296 g/mol. The molecule has 2 fully saturated rings. The van der Waals surface area contributed by atoms with Gasteiger partial charge in [-0.1, -0.05) is 13.8 Å². The molecule has 1 aliphatic heterocycles. The van der Waals surface area contributed by atoms with Gasteiger partial charge in [-0.25, -0.2) is 0 Å². The molecule has 1 aliphatic carbocycles. The highest BCUT2D eigenvalue weighted by atomic mass is 19.4. The van der Waals surface area contributed by atoms with Crippen LogP contribution in [0.15, 0.2) is 0 Å². The van der Waals surface area contributed by atoms with E-state index in [0.717, 1.165) is 0 Å². The molecule has 2 amide bonds. The normalized spacial score (nSPS) is 27.8. The molecule has 1 saturated carbocycles. The van der Waals surface area contributed by atoms with Crippen LogP contribution < -0.4 is 10.6 Å². The lowest BCUT2D eigenvalue weighted by Crippen LogP contribution is -2.57. The first-order chi connectivity index (χ1) is 9.27. The van der Waals surface area contributed by atoms with E-state index in [1.165, 1.54) is 0 Å². The summed E-state index contributed by atoms with van der Waals surface area (Å²) in [5.74, 6) is -3.25. The van der Waals surface area contributed by atoms with Crippen molar-refractivity contribution in [3.8, 4) is 0 Å². The van der Waals surface area contributed by atoms with E-state index >= 15 is 0 Å². The van der Waals surface area contributed by atoms with Crippen molar-refractivity contribution in [3.63, 3.8) is 0 Å². The van der Waals surface area contributed by atoms with Crippen molar-refractivity contribution in [1.82, 2.24) is 10.6 Å². The Morgan fingerprint density at radius 1 is 1.40 bits per heavy atom. The maximum atomic E-state index is 12.6. The van der Waals surface area contributed by atoms with Crippen molar-refractivity contribution in [2.75, 3.05) is 6.54 Å². The zero-order valence-corrected chi connectivity index (χ0v) is 11.4. The second kappa shape index (κ2) is 5.99. The molecule has 2 rings (SSSR count). The molecule has 2 atom stereocenters. The minimum atomic E-state index is -4.53. The predicted molar refractivity (Wildman–Crippen MR) is 64.6 cm³/mol. The Morgan fingerprint density at radius 2 is 1.95 bits per heavy atom. The minimum absolute atomic E-state index is 0.156. The Hall–Kier alpha value is -1.31. The number of halogens is 3. The van der Waals surface area contributed by atoms with Gasteiger partial charge in [0.2, 0.25) is 11.8 Å². The van der Waals surface area contributed by atoms with Gasteiger partial charge < -0.3 is 15.7 Å². The maximum absolute atomic E-state index is 12.6. The Kier molecular flexibility index (Phi) is 5.01. The lowest BCUT2D eigenvalue weighted by atomic mass is 9.94. The summed E-state index contributed by atoms with van der Waals surface area (Å²) < 4.78 is 37.9. The molecule has 2 unspecified atom stereocenters. The number of carbonyl (C=O) groups is 2. The summed E-state index contributed by atoms with van der Waals surface area (Å²) in [6, 6.07) is 0. The van der Waals surface area contributed by atoms with Crippen LogP contribution in [0.4, 0.5) is 13.2 Å². The number of amides is 2. The van der Waals surface area contributed by atoms with Gasteiger partial charge in [0, 0.05) is 6.54 Å². The smallest absolute Gasteiger partial charge is 0.392 e. The molecule has 8 heteroatoms. The Morgan fingerprint density at radius 3 is 2.35 bits per heavy atom. The summed E-state index contributed by atoms with van der Waals surface area (Å²) in [6.07, 6.45) is -5.98. The van der Waals surface area contributed by atoms with Gasteiger partial charge in [0.1, 0.15) is 11.5 Å². The fourth-order valence-electron chi connectivity index (χ4n) is 2.01. The average molecular weight is 296 g/mol. The number of rotatable bonds is 2. The van der Waals surface area contributed by atoms with Crippen molar-refractivity contribution >= 4 is 11.8 Å². The van der Waals surface area contributed by atoms with Gasteiger partial charge in [-0.3, -0.25) is 9.59 Å². The Labute approximate surface area is 114 Å². The van der Waals surface area contributed by atoms with Crippen LogP contribution in [0.25, 0.3) is 0 Å². The third-order valence-electron chi connectivity index (χ3n) is 3.34. The highest BCUT2D eigenvalue weighted by molar-refractivity contribution is 6.01. The van der Waals surface area contributed by atoms with Crippen molar-refractivity contribution in [3.05, 3.63) is 0 Å². The molecule has 2 aliphatic rings. The Balaban J connectivity index is 0.000000956. The van der Waals surface area contributed by atoms with E-state index in [0.29, 0.717) is 0 Å². The van der Waals surface area contributed by atoms with Crippen LogP contribution in [-0.2, 0) is 9.59 Å². The lowest BCUT2D eigenvalue weighted by Gasteiger charge is -2.29. The molecule has 1 heterocycles. The quantitative estimate of drug-likeness (QED) is 0.657. The van der Waals surface area contributed by atoms with E-state index in [-0.39, 0.29) is 25.8 Å². The van der Waals surface area contributed by atoms with Gasteiger partial charge in [-0.15, -0.1) is 0 Å². The molecule has 0 bridgehead atoms. The topological polar surface area (TPSA) is 78.4 Å². The second-order valence-electron chi connectivity index (χ2n) is 4.69. The number of piperidine rings is 1. The molecule has 116 valence electrons. The zero-order chi connectivity index (χ0) is 15.6. The average Bonchev–Trinajstić information content (AvgIpc) is 3.11. The largest absolute Gasteiger partial charge is 0.411 e. The van der Waals surface area contributed by atoms with Crippen molar-refractivity contribution in [1.29, 1.82) is 0 Å². The fourth-order valence-corrected chi connectivity index (χ4v) is 2.01. The van der Waals surface area contributed by atoms with Crippen LogP contribution in [0.5, 0.6) is 0 Å². The highest BCUT2D eigenvalue weighted by Crippen LogP contribution is 2.49.